The largest absolute Gasteiger partial charge is 0.496 e. The molecule has 0 saturated carbocycles. The van der Waals surface area contributed by atoms with Crippen molar-refractivity contribution >= 4 is 5.91 Å². The van der Waals surface area contributed by atoms with E-state index in [1.807, 2.05) is 0 Å². The summed E-state index contributed by atoms with van der Waals surface area (Å²) in [5.41, 5.74) is 1.47. The van der Waals surface area contributed by atoms with Crippen LogP contribution in [0.1, 0.15) is 29.8 Å². The van der Waals surface area contributed by atoms with Gasteiger partial charge in [0.15, 0.2) is 0 Å². The van der Waals surface area contributed by atoms with Crippen LogP contribution in [-0.2, 0) is 11.3 Å². The van der Waals surface area contributed by atoms with Crippen LogP contribution in [0, 0.1) is 5.92 Å². The lowest BCUT2D eigenvalue weighted by atomic mass is 10.1. The lowest BCUT2D eigenvalue weighted by molar-refractivity contribution is 0.0941. The Kier molecular flexibility index (Phi) is 6.81. The molecule has 0 radical (unpaired) electrons. The van der Waals surface area contributed by atoms with E-state index in [0.717, 1.165) is 11.3 Å². The minimum Gasteiger partial charge on any atom is -0.496 e. The van der Waals surface area contributed by atoms with E-state index in [-0.39, 0.29) is 5.91 Å². The van der Waals surface area contributed by atoms with Crippen molar-refractivity contribution in [2.24, 2.45) is 5.92 Å². The fraction of sp³-hybridized carbons (Fsp3) is 0.438. The van der Waals surface area contributed by atoms with Gasteiger partial charge in [-0.05, 0) is 24.1 Å². The van der Waals surface area contributed by atoms with E-state index in [1.165, 1.54) is 0 Å². The van der Waals surface area contributed by atoms with Crippen molar-refractivity contribution in [3.8, 4) is 5.75 Å². The van der Waals surface area contributed by atoms with Crippen LogP contribution in [0.25, 0.3) is 0 Å². The smallest absolute Gasteiger partial charge is 0.251 e. The number of hydrogen-bond acceptors (Lipinski definition) is 3. The molecule has 4 heteroatoms. The molecule has 0 aliphatic carbocycles. The highest BCUT2D eigenvalue weighted by Gasteiger charge is 2.10. The van der Waals surface area contributed by atoms with Gasteiger partial charge in [0.05, 0.1) is 13.7 Å². The van der Waals surface area contributed by atoms with Gasteiger partial charge in [0.2, 0.25) is 0 Å². The third-order valence-electron chi connectivity index (χ3n) is 2.66. The average molecular weight is 277 g/mol. The number of benzene rings is 1. The maximum atomic E-state index is 11.9. The van der Waals surface area contributed by atoms with Crippen molar-refractivity contribution in [3.63, 3.8) is 0 Å². The highest BCUT2D eigenvalue weighted by Crippen LogP contribution is 2.21. The van der Waals surface area contributed by atoms with Gasteiger partial charge in [-0.15, -0.1) is 6.58 Å². The first-order valence-corrected chi connectivity index (χ1v) is 6.72. The molecule has 0 atom stereocenters. The number of nitrogens with one attached hydrogen (secondary N) is 1. The van der Waals surface area contributed by atoms with Gasteiger partial charge in [0, 0.05) is 24.3 Å². The molecule has 110 valence electrons. The molecular weight excluding hydrogens is 254 g/mol. The van der Waals surface area contributed by atoms with E-state index in [4.69, 9.17) is 9.47 Å². The van der Waals surface area contributed by atoms with E-state index < -0.39 is 0 Å². The molecule has 0 fully saturated rings. The molecule has 0 aromatic heterocycles. The Hall–Kier alpha value is -1.81. The van der Waals surface area contributed by atoms with Crippen LogP contribution in [0.2, 0.25) is 0 Å². The lowest BCUT2D eigenvalue weighted by Gasteiger charge is -2.12. The Morgan fingerprint density at radius 3 is 2.80 bits per heavy atom. The first-order chi connectivity index (χ1) is 9.58. The van der Waals surface area contributed by atoms with Crippen LogP contribution in [0.15, 0.2) is 30.9 Å². The normalized spacial score (nSPS) is 10.4. The molecule has 1 amide bonds. The number of methoxy groups -OCH3 is 1. The van der Waals surface area contributed by atoms with Crippen molar-refractivity contribution in [2.75, 3.05) is 20.3 Å². The third-order valence-corrected chi connectivity index (χ3v) is 2.66. The van der Waals surface area contributed by atoms with Gasteiger partial charge < -0.3 is 14.8 Å². The van der Waals surface area contributed by atoms with E-state index in [9.17, 15) is 4.79 Å². The first kappa shape index (κ1) is 16.2. The summed E-state index contributed by atoms with van der Waals surface area (Å²) in [6, 6.07) is 5.33. The first-order valence-electron chi connectivity index (χ1n) is 6.72. The van der Waals surface area contributed by atoms with Crippen molar-refractivity contribution in [1.82, 2.24) is 5.32 Å². The predicted molar refractivity (Wildman–Crippen MR) is 80.0 cm³/mol. The maximum absolute atomic E-state index is 11.9. The Balaban J connectivity index is 2.79. The fourth-order valence-corrected chi connectivity index (χ4v) is 1.70. The molecule has 0 spiro atoms. The van der Waals surface area contributed by atoms with Gasteiger partial charge in [-0.3, -0.25) is 4.79 Å². The molecule has 0 bridgehead atoms. The number of rotatable bonds is 8. The summed E-state index contributed by atoms with van der Waals surface area (Å²) in [7, 11) is 1.61. The van der Waals surface area contributed by atoms with Crippen LogP contribution < -0.4 is 10.1 Å². The van der Waals surface area contributed by atoms with Crippen molar-refractivity contribution in [3.05, 3.63) is 42.0 Å². The molecule has 20 heavy (non-hydrogen) atoms. The van der Waals surface area contributed by atoms with Crippen molar-refractivity contribution in [1.29, 1.82) is 0 Å². The molecular formula is C16H23NO3. The summed E-state index contributed by atoms with van der Waals surface area (Å²) in [5.74, 6) is 1.08. The molecule has 0 unspecified atom stereocenters. The van der Waals surface area contributed by atoms with Crippen molar-refractivity contribution in [2.45, 2.75) is 20.5 Å². The second kappa shape index (κ2) is 8.38. The van der Waals surface area contributed by atoms with Gasteiger partial charge >= 0.3 is 0 Å². The highest BCUT2D eigenvalue weighted by atomic mass is 16.5. The van der Waals surface area contributed by atoms with Crippen LogP contribution in [0.5, 0.6) is 5.75 Å². The summed E-state index contributed by atoms with van der Waals surface area (Å²) in [6.07, 6.45) is 1.65. The number of carbonyl (C=O) groups excluding carboxylic acids is 1. The monoisotopic (exact) mass is 277 g/mol. The van der Waals surface area contributed by atoms with Gasteiger partial charge in [-0.25, -0.2) is 0 Å². The van der Waals surface area contributed by atoms with Crippen LogP contribution in [-0.4, -0.2) is 26.2 Å². The van der Waals surface area contributed by atoms with Gasteiger partial charge in [-0.1, -0.05) is 19.9 Å². The summed E-state index contributed by atoms with van der Waals surface area (Å²) < 4.78 is 10.9. The molecule has 4 nitrogen and oxygen atoms in total. The van der Waals surface area contributed by atoms with Crippen LogP contribution >= 0.6 is 0 Å². The summed E-state index contributed by atoms with van der Waals surface area (Å²) in [6.45, 7) is 9.32. The Bertz CT molecular complexity index is 455. The maximum Gasteiger partial charge on any atom is 0.251 e. The molecule has 0 saturated heterocycles. The predicted octanol–water partition coefficient (Wildman–Crippen LogP) is 2.78. The zero-order valence-corrected chi connectivity index (χ0v) is 12.4. The zero-order valence-electron chi connectivity index (χ0n) is 12.4. The highest BCUT2D eigenvalue weighted by molar-refractivity contribution is 5.94. The SMILES string of the molecule is C=CCNC(=O)c1ccc(OC)c(COCC(C)C)c1. The van der Waals surface area contributed by atoms with Gasteiger partial charge in [0.1, 0.15) is 5.75 Å². The van der Waals surface area contributed by atoms with Crippen molar-refractivity contribution < 1.29 is 14.3 Å². The Morgan fingerprint density at radius 1 is 1.45 bits per heavy atom. The standard InChI is InChI=1S/C16H23NO3/c1-5-8-17-16(18)13-6-7-15(19-4)14(9-13)11-20-10-12(2)3/h5-7,9,12H,1,8,10-11H2,2-4H3,(H,17,18). The molecule has 0 heterocycles. The van der Waals surface area contributed by atoms with Crippen LogP contribution in [0.4, 0.5) is 0 Å². The van der Waals surface area contributed by atoms with E-state index in [1.54, 1.807) is 31.4 Å². The van der Waals surface area contributed by atoms with Gasteiger partial charge in [-0.2, -0.15) is 0 Å². The summed E-state index contributed by atoms with van der Waals surface area (Å²) >= 11 is 0. The summed E-state index contributed by atoms with van der Waals surface area (Å²) in [5, 5.41) is 2.75. The molecule has 1 N–H and O–H groups in total. The number of hydrogen-bond donors (Lipinski definition) is 1. The quantitative estimate of drug-likeness (QED) is 0.743. The number of ether oxygens (including phenoxy) is 2. The molecule has 0 aliphatic rings. The lowest BCUT2D eigenvalue weighted by Crippen LogP contribution is -2.23. The average Bonchev–Trinajstić information content (AvgIpc) is 2.44. The number of amides is 1. The van der Waals surface area contributed by atoms with Gasteiger partial charge in [0.25, 0.3) is 5.91 Å². The molecule has 0 aliphatic heterocycles. The third kappa shape index (κ3) is 5.05. The second-order valence-electron chi connectivity index (χ2n) is 4.93. The fourth-order valence-electron chi connectivity index (χ4n) is 1.70. The minimum absolute atomic E-state index is 0.127. The van der Waals surface area contributed by atoms with E-state index >= 15 is 0 Å². The summed E-state index contributed by atoms with van der Waals surface area (Å²) in [4.78, 5) is 11.9. The molecule has 1 aromatic rings. The zero-order chi connectivity index (χ0) is 15.0. The van der Waals surface area contributed by atoms with Crippen LogP contribution in [0.3, 0.4) is 0 Å². The molecule has 1 rings (SSSR count). The molecule has 1 aromatic carbocycles. The van der Waals surface area contributed by atoms with E-state index in [2.05, 4.69) is 25.7 Å². The van der Waals surface area contributed by atoms with E-state index in [0.29, 0.717) is 31.2 Å². The number of carbonyl (C=O) groups is 1. The minimum atomic E-state index is -0.127. The Labute approximate surface area is 120 Å². The topological polar surface area (TPSA) is 47.6 Å². The second-order valence-corrected chi connectivity index (χ2v) is 4.93. The Morgan fingerprint density at radius 2 is 2.20 bits per heavy atom.